The average molecular weight is 490 g/mol. The SMILES string of the molecule is C=C1C[C@](O)([C@H](O)C(=O)N[C@@H](OC)[C@@H]2C[C@@H](O)C(C)(C)[C@@H](C[C@@H](COC)OC)O2)O[C@H](C)[C@@H]1C. The number of carbonyl (C=O) groups is 1. The molecule has 0 aromatic rings. The van der Waals surface area contributed by atoms with Crippen molar-refractivity contribution in [3.05, 3.63) is 12.2 Å². The quantitative estimate of drug-likeness (QED) is 0.258. The minimum atomic E-state index is -2.10. The standard InChI is InChI=1S/C24H43NO9/c1-13-11-24(29,34-15(3)14(13)2)20(27)21(28)25-22(32-8)17-10-18(26)23(4,5)19(33-17)9-16(31-7)12-30-6/h14-20,22,26-27,29H,1,9-12H2,2-8H3,(H,25,28)/t14-,15-,16+,17+,18-,19-,20-,22+,24-/m1/s1. The summed E-state index contributed by atoms with van der Waals surface area (Å²) in [5, 5.41) is 35.0. The number of aliphatic hydroxyl groups is 3. The van der Waals surface area contributed by atoms with E-state index in [0.29, 0.717) is 18.6 Å². The van der Waals surface area contributed by atoms with Crippen LogP contribution in [-0.2, 0) is 28.5 Å². The number of carbonyl (C=O) groups excluding carboxylic acids is 1. The molecule has 0 aromatic heterocycles. The topological polar surface area (TPSA) is 136 Å². The van der Waals surface area contributed by atoms with Gasteiger partial charge >= 0.3 is 0 Å². The zero-order chi connectivity index (χ0) is 25.8. The Morgan fingerprint density at radius 3 is 2.44 bits per heavy atom. The molecule has 0 unspecified atom stereocenters. The highest BCUT2D eigenvalue weighted by atomic mass is 16.6. The number of amides is 1. The molecule has 0 bridgehead atoms. The summed E-state index contributed by atoms with van der Waals surface area (Å²) in [6, 6.07) is 0. The molecule has 0 saturated carbocycles. The molecule has 2 aliphatic rings. The van der Waals surface area contributed by atoms with Crippen molar-refractivity contribution in [1.82, 2.24) is 5.32 Å². The van der Waals surface area contributed by atoms with Crippen LogP contribution in [0.4, 0.5) is 0 Å². The van der Waals surface area contributed by atoms with E-state index in [-0.39, 0.29) is 24.9 Å². The van der Waals surface area contributed by atoms with Gasteiger partial charge in [0.2, 0.25) is 5.79 Å². The first kappa shape index (κ1) is 29.1. The van der Waals surface area contributed by atoms with Gasteiger partial charge in [-0.25, -0.2) is 0 Å². The van der Waals surface area contributed by atoms with E-state index in [1.54, 1.807) is 21.1 Å². The number of hydrogen-bond acceptors (Lipinski definition) is 9. The summed E-state index contributed by atoms with van der Waals surface area (Å²) < 4.78 is 28.0. The van der Waals surface area contributed by atoms with Crippen molar-refractivity contribution in [3.8, 4) is 0 Å². The van der Waals surface area contributed by atoms with E-state index >= 15 is 0 Å². The van der Waals surface area contributed by atoms with Crippen LogP contribution < -0.4 is 5.32 Å². The van der Waals surface area contributed by atoms with Gasteiger partial charge < -0.3 is 44.3 Å². The maximum absolute atomic E-state index is 12.9. The molecule has 2 aliphatic heterocycles. The molecular weight excluding hydrogens is 446 g/mol. The van der Waals surface area contributed by atoms with E-state index in [1.165, 1.54) is 7.11 Å². The third-order valence-corrected chi connectivity index (χ3v) is 7.42. The molecule has 0 aliphatic carbocycles. The van der Waals surface area contributed by atoms with Crippen LogP contribution in [0.25, 0.3) is 0 Å². The first-order valence-corrected chi connectivity index (χ1v) is 11.7. The molecular formula is C24H43NO9. The molecule has 4 N–H and O–H groups in total. The predicted octanol–water partition coefficient (Wildman–Crippen LogP) is 0.722. The first-order chi connectivity index (χ1) is 15.8. The number of nitrogens with one attached hydrogen (secondary N) is 1. The van der Waals surface area contributed by atoms with Crippen LogP contribution in [0.1, 0.15) is 47.0 Å². The molecule has 2 rings (SSSR count). The van der Waals surface area contributed by atoms with E-state index in [4.69, 9.17) is 23.7 Å². The zero-order valence-corrected chi connectivity index (χ0v) is 21.4. The van der Waals surface area contributed by atoms with E-state index in [9.17, 15) is 20.1 Å². The first-order valence-electron chi connectivity index (χ1n) is 11.7. The lowest BCUT2D eigenvalue weighted by Gasteiger charge is -2.48. The van der Waals surface area contributed by atoms with E-state index in [1.807, 2.05) is 20.8 Å². The number of hydrogen-bond donors (Lipinski definition) is 4. The predicted molar refractivity (Wildman–Crippen MR) is 124 cm³/mol. The molecule has 2 heterocycles. The normalized spacial score (nSPS) is 36.5. The average Bonchev–Trinajstić information content (AvgIpc) is 2.77. The van der Waals surface area contributed by atoms with Crippen molar-refractivity contribution < 1.29 is 43.8 Å². The lowest BCUT2D eigenvalue weighted by molar-refractivity contribution is -0.285. The summed E-state index contributed by atoms with van der Waals surface area (Å²) in [5.74, 6) is -3.00. The third-order valence-electron chi connectivity index (χ3n) is 7.42. The van der Waals surface area contributed by atoms with Gasteiger partial charge in [-0.2, -0.15) is 0 Å². The van der Waals surface area contributed by atoms with E-state index in [0.717, 1.165) is 0 Å². The van der Waals surface area contributed by atoms with Crippen LogP contribution in [0.15, 0.2) is 12.2 Å². The van der Waals surface area contributed by atoms with Crippen LogP contribution in [0.5, 0.6) is 0 Å². The van der Waals surface area contributed by atoms with Crippen molar-refractivity contribution >= 4 is 5.91 Å². The lowest BCUT2D eigenvalue weighted by Crippen LogP contribution is -2.62. The molecule has 10 heteroatoms. The van der Waals surface area contributed by atoms with Crippen LogP contribution in [0.3, 0.4) is 0 Å². The second kappa shape index (κ2) is 11.7. The summed E-state index contributed by atoms with van der Waals surface area (Å²) in [4.78, 5) is 12.9. The van der Waals surface area contributed by atoms with Crippen molar-refractivity contribution in [2.45, 2.75) is 95.6 Å². The monoisotopic (exact) mass is 489 g/mol. The van der Waals surface area contributed by atoms with Gasteiger partial charge in [-0.15, -0.1) is 0 Å². The summed E-state index contributed by atoms with van der Waals surface area (Å²) in [7, 11) is 4.56. The molecule has 198 valence electrons. The third kappa shape index (κ3) is 6.36. The fraction of sp³-hybridized carbons (Fsp3) is 0.875. The summed E-state index contributed by atoms with van der Waals surface area (Å²) >= 11 is 0. The van der Waals surface area contributed by atoms with Gasteiger partial charge in [0.05, 0.1) is 31.0 Å². The number of rotatable bonds is 10. The number of aliphatic hydroxyl groups excluding tert-OH is 2. The van der Waals surface area contributed by atoms with Gasteiger partial charge in [-0.1, -0.05) is 32.9 Å². The Morgan fingerprint density at radius 2 is 1.91 bits per heavy atom. The van der Waals surface area contributed by atoms with Crippen LogP contribution in [-0.4, -0.2) is 97.8 Å². The highest BCUT2D eigenvalue weighted by molar-refractivity contribution is 5.82. The second-order valence-electron chi connectivity index (χ2n) is 10.1. The van der Waals surface area contributed by atoms with Crippen molar-refractivity contribution in [1.29, 1.82) is 0 Å². The van der Waals surface area contributed by atoms with E-state index < -0.39 is 53.9 Å². The van der Waals surface area contributed by atoms with Crippen molar-refractivity contribution in [2.24, 2.45) is 11.3 Å². The highest BCUT2D eigenvalue weighted by Crippen LogP contribution is 2.40. The molecule has 9 atom stereocenters. The van der Waals surface area contributed by atoms with Gasteiger partial charge in [0.25, 0.3) is 5.91 Å². The summed E-state index contributed by atoms with van der Waals surface area (Å²) in [6.07, 6.45) is -4.80. The van der Waals surface area contributed by atoms with Crippen molar-refractivity contribution in [2.75, 3.05) is 27.9 Å². The molecule has 2 saturated heterocycles. The van der Waals surface area contributed by atoms with Gasteiger partial charge in [-0.05, 0) is 6.92 Å². The molecule has 0 spiro atoms. The Bertz CT molecular complexity index is 702. The zero-order valence-electron chi connectivity index (χ0n) is 21.4. The fourth-order valence-electron chi connectivity index (χ4n) is 4.56. The second-order valence-corrected chi connectivity index (χ2v) is 10.1. The molecule has 0 radical (unpaired) electrons. The number of methoxy groups -OCH3 is 3. The Morgan fingerprint density at radius 1 is 1.26 bits per heavy atom. The van der Waals surface area contributed by atoms with Crippen molar-refractivity contribution in [3.63, 3.8) is 0 Å². The Labute approximate surface area is 202 Å². The highest BCUT2D eigenvalue weighted by Gasteiger charge is 2.50. The summed E-state index contributed by atoms with van der Waals surface area (Å²) in [6.45, 7) is 11.8. The Balaban J connectivity index is 2.12. The van der Waals surface area contributed by atoms with Crippen LogP contribution >= 0.6 is 0 Å². The van der Waals surface area contributed by atoms with Gasteiger partial charge in [0.15, 0.2) is 12.3 Å². The minimum Gasteiger partial charge on any atom is -0.392 e. The molecule has 1 amide bonds. The largest absolute Gasteiger partial charge is 0.392 e. The smallest absolute Gasteiger partial charge is 0.256 e. The number of ether oxygens (including phenoxy) is 5. The minimum absolute atomic E-state index is 0.0197. The van der Waals surface area contributed by atoms with E-state index in [2.05, 4.69) is 11.9 Å². The van der Waals surface area contributed by atoms with Crippen LogP contribution in [0, 0.1) is 11.3 Å². The molecule has 10 nitrogen and oxygen atoms in total. The molecule has 34 heavy (non-hydrogen) atoms. The Kier molecular flexibility index (Phi) is 10.1. The van der Waals surface area contributed by atoms with Crippen LogP contribution in [0.2, 0.25) is 0 Å². The fourth-order valence-corrected chi connectivity index (χ4v) is 4.56. The maximum atomic E-state index is 12.9. The summed E-state index contributed by atoms with van der Waals surface area (Å²) in [5.41, 5.74) is 0.102. The van der Waals surface area contributed by atoms with Gasteiger partial charge in [0, 0.05) is 51.9 Å². The van der Waals surface area contributed by atoms with Gasteiger partial charge in [-0.3, -0.25) is 4.79 Å². The molecule has 2 fully saturated rings. The lowest BCUT2D eigenvalue weighted by atomic mass is 9.74. The maximum Gasteiger partial charge on any atom is 0.256 e. The Hall–Kier alpha value is -1.11. The molecule has 0 aromatic carbocycles. The van der Waals surface area contributed by atoms with Gasteiger partial charge in [0.1, 0.15) is 6.10 Å².